The molecular formula is C25H26N2O3S. The molecule has 1 N–H and O–H groups in total. The van der Waals surface area contributed by atoms with Crippen molar-refractivity contribution in [3.05, 3.63) is 95.1 Å². The van der Waals surface area contributed by atoms with Crippen LogP contribution in [0.2, 0.25) is 0 Å². The Labute approximate surface area is 183 Å². The summed E-state index contributed by atoms with van der Waals surface area (Å²) in [5, 5.41) is 3.09. The first-order chi connectivity index (χ1) is 14.9. The summed E-state index contributed by atoms with van der Waals surface area (Å²) in [6.07, 6.45) is 2.90. The van der Waals surface area contributed by atoms with E-state index in [1.807, 2.05) is 31.2 Å². The molecule has 0 saturated heterocycles. The Balaban J connectivity index is 1.59. The summed E-state index contributed by atoms with van der Waals surface area (Å²) in [4.78, 5) is 13.1. The molecule has 1 amide bonds. The topological polar surface area (TPSA) is 66.5 Å². The number of rotatable bonds is 5. The van der Waals surface area contributed by atoms with Crippen LogP contribution < -0.4 is 9.62 Å². The molecule has 0 spiro atoms. The summed E-state index contributed by atoms with van der Waals surface area (Å²) < 4.78 is 27.7. The first kappa shape index (κ1) is 21.1. The third-order valence-electron chi connectivity index (χ3n) is 5.88. The van der Waals surface area contributed by atoms with Crippen molar-refractivity contribution in [1.29, 1.82) is 0 Å². The number of benzene rings is 3. The van der Waals surface area contributed by atoms with Gasteiger partial charge >= 0.3 is 0 Å². The number of aryl methyl sites for hydroxylation is 2. The smallest absolute Gasteiger partial charge is 0.264 e. The molecule has 0 aliphatic heterocycles. The highest BCUT2D eigenvalue weighted by Crippen LogP contribution is 2.30. The highest BCUT2D eigenvalue weighted by Gasteiger charge is 2.25. The van der Waals surface area contributed by atoms with Crippen molar-refractivity contribution in [3.63, 3.8) is 0 Å². The molecule has 3 aromatic carbocycles. The molecule has 6 heteroatoms. The second-order valence-electron chi connectivity index (χ2n) is 7.90. The summed E-state index contributed by atoms with van der Waals surface area (Å²) in [5.41, 5.74) is 4.21. The van der Waals surface area contributed by atoms with E-state index in [9.17, 15) is 13.2 Å². The number of nitrogens with zero attached hydrogens (tertiary/aromatic N) is 1. The molecule has 0 radical (unpaired) electrons. The van der Waals surface area contributed by atoms with Crippen molar-refractivity contribution in [3.8, 4) is 0 Å². The summed E-state index contributed by atoms with van der Waals surface area (Å²) >= 11 is 0. The highest BCUT2D eigenvalue weighted by molar-refractivity contribution is 7.92. The van der Waals surface area contributed by atoms with E-state index >= 15 is 0 Å². The first-order valence-electron chi connectivity index (χ1n) is 10.4. The van der Waals surface area contributed by atoms with E-state index in [1.54, 1.807) is 24.3 Å². The van der Waals surface area contributed by atoms with Gasteiger partial charge in [-0.1, -0.05) is 48.5 Å². The van der Waals surface area contributed by atoms with Crippen LogP contribution in [-0.4, -0.2) is 21.4 Å². The normalized spacial score (nSPS) is 15.7. The predicted molar refractivity (Wildman–Crippen MR) is 123 cm³/mol. The average Bonchev–Trinajstić information content (AvgIpc) is 2.79. The van der Waals surface area contributed by atoms with Crippen molar-refractivity contribution in [2.45, 2.75) is 37.1 Å². The molecule has 0 bridgehead atoms. The number of amides is 1. The first-order valence-corrected chi connectivity index (χ1v) is 11.9. The predicted octanol–water partition coefficient (Wildman–Crippen LogP) is 4.63. The van der Waals surface area contributed by atoms with Gasteiger partial charge in [-0.25, -0.2) is 8.42 Å². The minimum Gasteiger partial charge on any atom is -0.345 e. The maximum Gasteiger partial charge on any atom is 0.264 e. The summed E-state index contributed by atoms with van der Waals surface area (Å²) in [5.74, 6) is -0.266. The van der Waals surface area contributed by atoms with E-state index in [0.29, 0.717) is 11.3 Å². The monoisotopic (exact) mass is 434 g/mol. The van der Waals surface area contributed by atoms with Gasteiger partial charge in [0.05, 0.1) is 16.6 Å². The van der Waals surface area contributed by atoms with E-state index in [0.717, 1.165) is 30.4 Å². The number of hydrogen-bond acceptors (Lipinski definition) is 3. The number of para-hydroxylation sites is 1. The van der Waals surface area contributed by atoms with Gasteiger partial charge in [0, 0.05) is 12.6 Å². The zero-order valence-corrected chi connectivity index (χ0v) is 18.5. The van der Waals surface area contributed by atoms with E-state index in [-0.39, 0.29) is 16.8 Å². The number of nitrogens with one attached hydrogen (secondary N) is 1. The molecule has 0 aromatic heterocycles. The Morgan fingerprint density at radius 3 is 2.55 bits per heavy atom. The van der Waals surface area contributed by atoms with Crippen LogP contribution in [0.5, 0.6) is 0 Å². The molecule has 0 heterocycles. The number of carbonyl (C=O) groups is 1. The molecule has 31 heavy (non-hydrogen) atoms. The minimum absolute atomic E-state index is 0.0626. The second-order valence-corrected chi connectivity index (χ2v) is 9.87. The Bertz CT molecular complexity index is 1220. The molecule has 4 rings (SSSR count). The Morgan fingerprint density at radius 2 is 1.74 bits per heavy atom. The Morgan fingerprint density at radius 1 is 1.00 bits per heavy atom. The van der Waals surface area contributed by atoms with Gasteiger partial charge in [0.2, 0.25) is 0 Å². The molecule has 1 aliphatic carbocycles. The quantitative estimate of drug-likeness (QED) is 0.637. The zero-order valence-electron chi connectivity index (χ0n) is 17.7. The highest BCUT2D eigenvalue weighted by atomic mass is 32.2. The van der Waals surface area contributed by atoms with Gasteiger partial charge in [-0.3, -0.25) is 9.10 Å². The van der Waals surface area contributed by atoms with E-state index < -0.39 is 10.0 Å². The fourth-order valence-electron chi connectivity index (χ4n) is 4.15. The molecule has 5 nitrogen and oxygen atoms in total. The number of fused-ring (bicyclic) bond motifs is 1. The third-order valence-corrected chi connectivity index (χ3v) is 7.65. The van der Waals surface area contributed by atoms with Crippen molar-refractivity contribution < 1.29 is 13.2 Å². The summed E-state index contributed by atoms with van der Waals surface area (Å²) in [6, 6.07) is 21.6. The Hall–Kier alpha value is -3.12. The van der Waals surface area contributed by atoms with Crippen molar-refractivity contribution >= 4 is 21.6 Å². The second kappa shape index (κ2) is 8.55. The van der Waals surface area contributed by atoms with Gasteiger partial charge in [0.1, 0.15) is 0 Å². The molecule has 0 fully saturated rings. The number of anilines is 1. The fourth-order valence-corrected chi connectivity index (χ4v) is 5.45. The summed E-state index contributed by atoms with van der Waals surface area (Å²) in [6.45, 7) is 1.87. The van der Waals surface area contributed by atoms with Gasteiger partial charge in [0.25, 0.3) is 15.9 Å². The lowest BCUT2D eigenvalue weighted by molar-refractivity contribution is 0.0932. The van der Waals surface area contributed by atoms with Crippen molar-refractivity contribution in [1.82, 2.24) is 5.32 Å². The lowest BCUT2D eigenvalue weighted by Crippen LogP contribution is -2.31. The van der Waals surface area contributed by atoms with Crippen LogP contribution in [0.15, 0.2) is 77.7 Å². The molecule has 1 atom stereocenters. The minimum atomic E-state index is -3.80. The van der Waals surface area contributed by atoms with Crippen molar-refractivity contribution in [2.75, 3.05) is 11.4 Å². The molecule has 0 unspecified atom stereocenters. The van der Waals surface area contributed by atoms with Gasteiger partial charge < -0.3 is 5.32 Å². The molecule has 160 valence electrons. The van der Waals surface area contributed by atoms with E-state index in [2.05, 4.69) is 17.4 Å². The standard InChI is InChI=1S/C25H26N2O3S/c1-18-9-3-6-16-24(18)27(2)31(29,30)21-13-7-12-20(17-21)25(28)26-23-15-8-11-19-10-4-5-14-22(19)23/h3-7,9-10,12-14,16-17,23H,8,11,15H2,1-2H3,(H,26,28)/t23-/m0/s1. The van der Waals surface area contributed by atoms with Crippen LogP contribution in [0.1, 0.15) is 45.9 Å². The van der Waals surface area contributed by atoms with Crippen LogP contribution in [0.3, 0.4) is 0 Å². The third kappa shape index (κ3) is 4.21. The fraction of sp³-hybridized carbons (Fsp3) is 0.240. The maximum absolute atomic E-state index is 13.2. The molecule has 1 aliphatic rings. The van der Waals surface area contributed by atoms with Gasteiger partial charge in [-0.05, 0) is 67.1 Å². The lowest BCUT2D eigenvalue weighted by atomic mass is 9.87. The summed E-state index contributed by atoms with van der Waals surface area (Å²) in [7, 11) is -2.27. The van der Waals surface area contributed by atoms with E-state index in [1.165, 1.54) is 29.0 Å². The molecule has 3 aromatic rings. The van der Waals surface area contributed by atoms with Crippen LogP contribution in [0, 0.1) is 6.92 Å². The van der Waals surface area contributed by atoms with E-state index in [4.69, 9.17) is 0 Å². The number of sulfonamides is 1. The largest absolute Gasteiger partial charge is 0.345 e. The van der Waals surface area contributed by atoms with Crippen LogP contribution in [0.25, 0.3) is 0 Å². The van der Waals surface area contributed by atoms with Crippen LogP contribution in [-0.2, 0) is 16.4 Å². The van der Waals surface area contributed by atoms with Crippen molar-refractivity contribution in [2.24, 2.45) is 0 Å². The number of hydrogen-bond donors (Lipinski definition) is 1. The SMILES string of the molecule is Cc1ccccc1N(C)S(=O)(=O)c1cccc(C(=O)N[C@H]2CCCc3ccccc32)c1. The van der Waals surface area contributed by atoms with Crippen LogP contribution >= 0.6 is 0 Å². The zero-order chi connectivity index (χ0) is 22.0. The van der Waals surface area contributed by atoms with Crippen LogP contribution in [0.4, 0.5) is 5.69 Å². The Kier molecular flexibility index (Phi) is 5.83. The lowest BCUT2D eigenvalue weighted by Gasteiger charge is -2.26. The average molecular weight is 435 g/mol. The maximum atomic E-state index is 13.2. The molecule has 0 saturated carbocycles. The number of carbonyl (C=O) groups excluding carboxylic acids is 1. The molecular weight excluding hydrogens is 408 g/mol. The van der Waals surface area contributed by atoms with Gasteiger partial charge in [-0.2, -0.15) is 0 Å². The van der Waals surface area contributed by atoms with Gasteiger partial charge in [0.15, 0.2) is 0 Å². The van der Waals surface area contributed by atoms with Gasteiger partial charge in [-0.15, -0.1) is 0 Å².